The number of rotatable bonds is 4. The van der Waals surface area contributed by atoms with Crippen molar-refractivity contribution in [1.29, 1.82) is 0 Å². The zero-order chi connectivity index (χ0) is 12.7. The number of hydrazine groups is 1. The average molecular weight is 269 g/mol. The number of carbonyl (C=O) groups is 1. The van der Waals surface area contributed by atoms with Crippen LogP contribution in [0.4, 0.5) is 0 Å². The number of carbonyl (C=O) groups excluding carboxylic acids is 1. The lowest BCUT2D eigenvalue weighted by molar-refractivity contribution is 0.0941. The molecule has 0 aliphatic heterocycles. The summed E-state index contributed by atoms with van der Waals surface area (Å²) in [4.78, 5) is 12.8. The van der Waals surface area contributed by atoms with Gasteiger partial charge in [0.05, 0.1) is 5.56 Å². The molecular weight excluding hydrogens is 254 g/mol. The number of thioether (sulfide) groups is 1. The first-order valence-electron chi connectivity index (χ1n) is 5.22. The molecule has 6 heteroatoms. The van der Waals surface area contributed by atoms with Crippen molar-refractivity contribution >= 4 is 35.0 Å². The van der Waals surface area contributed by atoms with E-state index in [0.29, 0.717) is 5.56 Å². The second-order valence-corrected chi connectivity index (χ2v) is 4.86. The van der Waals surface area contributed by atoms with Crippen LogP contribution >= 0.6 is 24.0 Å². The summed E-state index contributed by atoms with van der Waals surface area (Å²) < 4.78 is 0. The predicted octanol–water partition coefficient (Wildman–Crippen LogP) is 1.67. The maximum atomic E-state index is 11.8. The summed E-state index contributed by atoms with van der Waals surface area (Å²) in [5, 5.41) is 0.0389. The fraction of sp³-hybridized carbons (Fsp3) is 0.273. The van der Waals surface area contributed by atoms with Crippen LogP contribution in [0.2, 0.25) is 0 Å². The van der Waals surface area contributed by atoms with Crippen LogP contribution in [0.1, 0.15) is 23.7 Å². The van der Waals surface area contributed by atoms with Gasteiger partial charge < -0.3 is 5.73 Å². The molecule has 4 N–H and O–H groups in total. The zero-order valence-electron chi connectivity index (χ0n) is 9.53. The van der Waals surface area contributed by atoms with Crippen molar-refractivity contribution in [2.24, 2.45) is 5.73 Å². The van der Waals surface area contributed by atoms with Crippen LogP contribution in [0.15, 0.2) is 29.2 Å². The van der Waals surface area contributed by atoms with Gasteiger partial charge in [-0.15, -0.1) is 11.8 Å². The fourth-order valence-corrected chi connectivity index (χ4v) is 2.14. The third-order valence-electron chi connectivity index (χ3n) is 1.89. The molecule has 0 saturated carbocycles. The Morgan fingerprint density at radius 2 is 2.12 bits per heavy atom. The van der Waals surface area contributed by atoms with Crippen molar-refractivity contribution in [3.63, 3.8) is 0 Å². The SMILES string of the molecule is CCCSc1ccccc1C(=O)NNC(N)=S. The van der Waals surface area contributed by atoms with Gasteiger partial charge in [0.1, 0.15) is 0 Å². The average Bonchev–Trinajstić information content (AvgIpc) is 2.33. The third-order valence-corrected chi connectivity index (χ3v) is 3.27. The van der Waals surface area contributed by atoms with Crippen molar-refractivity contribution in [2.75, 3.05) is 5.75 Å². The highest BCUT2D eigenvalue weighted by Crippen LogP contribution is 2.22. The topological polar surface area (TPSA) is 67.2 Å². The minimum Gasteiger partial charge on any atom is -0.375 e. The first-order chi connectivity index (χ1) is 8.15. The molecule has 0 aliphatic rings. The summed E-state index contributed by atoms with van der Waals surface area (Å²) in [7, 11) is 0. The Labute approximate surface area is 110 Å². The van der Waals surface area contributed by atoms with Gasteiger partial charge in [-0.1, -0.05) is 19.1 Å². The first-order valence-corrected chi connectivity index (χ1v) is 6.62. The Kier molecular flexibility index (Phi) is 5.79. The van der Waals surface area contributed by atoms with Gasteiger partial charge in [-0.25, -0.2) is 0 Å². The second-order valence-electron chi connectivity index (χ2n) is 3.29. The fourth-order valence-electron chi connectivity index (χ4n) is 1.18. The van der Waals surface area contributed by atoms with Crippen LogP contribution < -0.4 is 16.6 Å². The number of amides is 1. The van der Waals surface area contributed by atoms with Gasteiger partial charge in [-0.2, -0.15) is 0 Å². The number of hydrogen-bond donors (Lipinski definition) is 3. The van der Waals surface area contributed by atoms with E-state index in [1.165, 1.54) is 0 Å². The van der Waals surface area contributed by atoms with Crippen LogP contribution in [0.3, 0.4) is 0 Å². The maximum absolute atomic E-state index is 11.8. The Bertz CT molecular complexity index is 409. The molecule has 0 aliphatic carbocycles. The van der Waals surface area contributed by atoms with E-state index in [-0.39, 0.29) is 11.0 Å². The quantitative estimate of drug-likeness (QED) is 0.441. The number of nitrogens with one attached hydrogen (secondary N) is 2. The molecule has 0 heterocycles. The Balaban J connectivity index is 2.74. The minimum atomic E-state index is -0.239. The summed E-state index contributed by atoms with van der Waals surface area (Å²) in [6.07, 6.45) is 1.06. The van der Waals surface area contributed by atoms with E-state index >= 15 is 0 Å². The third kappa shape index (κ3) is 4.62. The molecule has 17 heavy (non-hydrogen) atoms. The molecule has 0 spiro atoms. The van der Waals surface area contributed by atoms with Crippen LogP contribution in [0.25, 0.3) is 0 Å². The number of thiocarbonyl (C=S) groups is 1. The van der Waals surface area contributed by atoms with Crippen molar-refractivity contribution in [1.82, 2.24) is 10.9 Å². The number of nitrogens with two attached hydrogens (primary N) is 1. The molecule has 1 rings (SSSR count). The highest BCUT2D eigenvalue weighted by atomic mass is 32.2. The zero-order valence-corrected chi connectivity index (χ0v) is 11.2. The Morgan fingerprint density at radius 3 is 2.76 bits per heavy atom. The number of hydrogen-bond acceptors (Lipinski definition) is 3. The van der Waals surface area contributed by atoms with E-state index in [0.717, 1.165) is 17.1 Å². The highest BCUT2D eigenvalue weighted by Gasteiger charge is 2.10. The van der Waals surface area contributed by atoms with Crippen LogP contribution in [-0.4, -0.2) is 16.8 Å². The van der Waals surface area contributed by atoms with Crippen molar-refractivity contribution in [2.45, 2.75) is 18.2 Å². The molecule has 1 aromatic carbocycles. The first kappa shape index (κ1) is 13.8. The molecule has 1 aromatic rings. The second kappa shape index (κ2) is 7.13. The van der Waals surface area contributed by atoms with Gasteiger partial charge in [0.15, 0.2) is 5.11 Å². The Morgan fingerprint density at radius 1 is 1.41 bits per heavy atom. The van der Waals surface area contributed by atoms with Crippen molar-refractivity contribution < 1.29 is 4.79 Å². The van der Waals surface area contributed by atoms with Crippen LogP contribution in [0, 0.1) is 0 Å². The van der Waals surface area contributed by atoms with Gasteiger partial charge >= 0.3 is 0 Å². The predicted molar refractivity (Wildman–Crippen MR) is 74.8 cm³/mol. The van der Waals surface area contributed by atoms with Crippen molar-refractivity contribution in [3.8, 4) is 0 Å². The van der Waals surface area contributed by atoms with Crippen molar-refractivity contribution in [3.05, 3.63) is 29.8 Å². The molecule has 0 radical (unpaired) electrons. The molecule has 0 unspecified atom stereocenters. The molecule has 0 saturated heterocycles. The van der Waals surface area contributed by atoms with Gasteiger partial charge in [-0.05, 0) is 36.5 Å². The molecule has 0 bridgehead atoms. The minimum absolute atomic E-state index is 0.0389. The van der Waals surface area contributed by atoms with E-state index in [1.54, 1.807) is 17.8 Å². The van der Waals surface area contributed by atoms with Crippen LogP contribution in [0.5, 0.6) is 0 Å². The van der Waals surface area contributed by atoms with Gasteiger partial charge in [0, 0.05) is 4.90 Å². The molecule has 0 atom stereocenters. The summed E-state index contributed by atoms with van der Waals surface area (Å²) in [5.41, 5.74) is 10.7. The molecule has 92 valence electrons. The number of benzene rings is 1. The summed E-state index contributed by atoms with van der Waals surface area (Å²) in [6.45, 7) is 2.10. The monoisotopic (exact) mass is 269 g/mol. The summed E-state index contributed by atoms with van der Waals surface area (Å²) >= 11 is 6.27. The molecule has 0 aromatic heterocycles. The summed E-state index contributed by atoms with van der Waals surface area (Å²) in [6, 6.07) is 7.44. The van der Waals surface area contributed by atoms with Gasteiger partial charge in [0.25, 0.3) is 5.91 Å². The lowest BCUT2D eigenvalue weighted by Crippen LogP contribution is -2.44. The van der Waals surface area contributed by atoms with E-state index in [9.17, 15) is 4.79 Å². The highest BCUT2D eigenvalue weighted by molar-refractivity contribution is 7.99. The lowest BCUT2D eigenvalue weighted by atomic mass is 10.2. The molecular formula is C11H15N3OS2. The van der Waals surface area contributed by atoms with E-state index in [1.807, 2.05) is 18.2 Å². The molecule has 0 fully saturated rings. The van der Waals surface area contributed by atoms with Gasteiger partial charge in [0.2, 0.25) is 0 Å². The van der Waals surface area contributed by atoms with E-state index in [4.69, 9.17) is 5.73 Å². The normalized spacial score (nSPS) is 9.71. The standard InChI is InChI=1S/C11H15N3OS2/c1-2-7-17-9-6-4-3-5-8(9)10(15)13-14-11(12)16/h3-6H,2,7H2,1H3,(H,13,15)(H3,12,14,16). The molecule has 1 amide bonds. The van der Waals surface area contributed by atoms with Crippen LogP contribution in [-0.2, 0) is 0 Å². The lowest BCUT2D eigenvalue weighted by Gasteiger charge is -2.10. The summed E-state index contributed by atoms with van der Waals surface area (Å²) in [5.74, 6) is 0.740. The van der Waals surface area contributed by atoms with E-state index in [2.05, 4.69) is 30.0 Å². The smallest absolute Gasteiger partial charge is 0.270 e. The van der Waals surface area contributed by atoms with Gasteiger partial charge in [-0.3, -0.25) is 15.6 Å². The molecule has 4 nitrogen and oxygen atoms in total. The Hall–Kier alpha value is -1.27. The van der Waals surface area contributed by atoms with E-state index < -0.39 is 0 Å². The largest absolute Gasteiger partial charge is 0.375 e. The maximum Gasteiger partial charge on any atom is 0.270 e.